The first-order valence-electron chi connectivity index (χ1n) is 23.9. The van der Waals surface area contributed by atoms with E-state index >= 15 is 0 Å². The molecule has 10 aromatic rings. The van der Waals surface area contributed by atoms with E-state index in [2.05, 4.69) is 219 Å². The molecule has 2 aromatic heterocycles. The number of hydrogen-bond acceptors (Lipinski definition) is 2. The molecule has 0 saturated heterocycles. The Morgan fingerprint density at radius 3 is 1.92 bits per heavy atom. The summed E-state index contributed by atoms with van der Waals surface area (Å²) in [5.74, 6) is 0. The standard InChI is InChI=1S/C62H55BN2O/c1-59(2,3)34-19-22-36(23-20-34)64-52-30-42-38-24-21-35(60(4,5)6)27-48(38)62(9,10)49(42)28-44(52)40-25-26-41-45-29-50-43(37-15-11-13-17-47(37)61(50,7)8)31-53(45)65-54-32-46-39-16-12-14-18-55(39)66-56(46)33-51(54)63-57(40)58(41)65/h11-33,63-64H,1-10H3. The van der Waals surface area contributed by atoms with Crippen LogP contribution in [0.25, 0.3) is 82.8 Å². The lowest BCUT2D eigenvalue weighted by Crippen LogP contribution is -2.37. The van der Waals surface area contributed by atoms with Crippen molar-refractivity contribution >= 4 is 73.3 Å². The second kappa shape index (κ2) is 13.0. The van der Waals surface area contributed by atoms with Gasteiger partial charge in [-0.3, -0.25) is 0 Å². The molecule has 0 bridgehead atoms. The van der Waals surface area contributed by atoms with Crippen LogP contribution in [0.5, 0.6) is 0 Å². The highest BCUT2D eigenvalue weighted by Crippen LogP contribution is 2.54. The molecule has 66 heavy (non-hydrogen) atoms. The Labute approximate surface area is 388 Å². The predicted molar refractivity (Wildman–Crippen MR) is 282 cm³/mol. The zero-order valence-electron chi connectivity index (χ0n) is 39.8. The number of nitrogens with one attached hydrogen (secondary N) is 1. The second-order valence-corrected chi connectivity index (χ2v) is 22.7. The largest absolute Gasteiger partial charge is 0.456 e. The minimum absolute atomic E-state index is 0.0526. The Morgan fingerprint density at radius 1 is 0.485 bits per heavy atom. The summed E-state index contributed by atoms with van der Waals surface area (Å²) in [5.41, 5.74) is 26.4. The van der Waals surface area contributed by atoms with E-state index in [4.69, 9.17) is 4.42 Å². The van der Waals surface area contributed by atoms with E-state index in [9.17, 15) is 0 Å². The van der Waals surface area contributed by atoms with E-state index in [0.717, 1.165) is 40.6 Å². The van der Waals surface area contributed by atoms with Crippen molar-refractivity contribution in [3.8, 4) is 39.1 Å². The van der Waals surface area contributed by atoms with Crippen molar-refractivity contribution in [3.05, 3.63) is 173 Å². The van der Waals surface area contributed by atoms with Gasteiger partial charge in [-0.15, -0.1) is 0 Å². The van der Waals surface area contributed by atoms with Gasteiger partial charge in [-0.2, -0.15) is 0 Å². The van der Waals surface area contributed by atoms with Gasteiger partial charge in [0.15, 0.2) is 7.28 Å². The van der Waals surface area contributed by atoms with E-state index in [0.29, 0.717) is 0 Å². The first-order valence-corrected chi connectivity index (χ1v) is 23.9. The van der Waals surface area contributed by atoms with Crippen LogP contribution in [0.3, 0.4) is 0 Å². The number of furan rings is 1. The number of nitrogens with zero attached hydrogens (tertiary/aromatic N) is 1. The number of anilines is 2. The Hall–Kier alpha value is -6.78. The van der Waals surface area contributed by atoms with Gasteiger partial charge in [-0.25, -0.2) is 0 Å². The van der Waals surface area contributed by atoms with Crippen molar-refractivity contribution in [2.75, 3.05) is 5.32 Å². The molecule has 1 N–H and O–H groups in total. The molecule has 0 spiro atoms. The molecular weight excluding hydrogens is 800 g/mol. The highest BCUT2D eigenvalue weighted by atomic mass is 16.3. The molecule has 0 fully saturated rings. The zero-order valence-corrected chi connectivity index (χ0v) is 39.8. The summed E-state index contributed by atoms with van der Waals surface area (Å²) in [4.78, 5) is 0. The normalized spacial score (nSPS) is 15.2. The predicted octanol–water partition coefficient (Wildman–Crippen LogP) is 15.0. The van der Waals surface area contributed by atoms with Crippen LogP contribution in [0, 0.1) is 0 Å². The zero-order chi connectivity index (χ0) is 45.4. The Kier molecular flexibility index (Phi) is 7.78. The van der Waals surface area contributed by atoms with Gasteiger partial charge in [0.1, 0.15) is 11.2 Å². The topological polar surface area (TPSA) is 30.1 Å². The third-order valence-corrected chi connectivity index (χ3v) is 15.9. The third kappa shape index (κ3) is 5.39. The van der Waals surface area contributed by atoms with Crippen molar-refractivity contribution in [3.63, 3.8) is 0 Å². The number of rotatable bonds is 3. The average Bonchev–Trinajstić information content (AvgIpc) is 3.95. The SMILES string of the molecule is CC(C)(C)c1ccc(Nc2cc3c(cc2-c2ccc4c5cc6c(cc5n5c4c2Bc2cc4oc7ccccc7c4cc2-5)-c2ccccc2C6(C)C)C(C)(C)c2cc(C(C)(C)C)ccc2-3)cc1. The molecule has 322 valence electrons. The third-order valence-electron chi connectivity index (χ3n) is 15.9. The molecule has 0 atom stereocenters. The molecule has 1 aliphatic heterocycles. The van der Waals surface area contributed by atoms with Gasteiger partial charge in [-0.05, 0) is 132 Å². The molecule has 3 aliphatic rings. The maximum atomic E-state index is 6.61. The molecule has 0 unspecified atom stereocenters. The van der Waals surface area contributed by atoms with E-state index in [-0.39, 0.29) is 21.7 Å². The Bertz CT molecular complexity index is 3770. The van der Waals surface area contributed by atoms with Crippen LogP contribution >= 0.6 is 0 Å². The van der Waals surface area contributed by atoms with Crippen molar-refractivity contribution < 1.29 is 4.42 Å². The lowest BCUT2D eigenvalue weighted by molar-refractivity contribution is 0.584. The summed E-state index contributed by atoms with van der Waals surface area (Å²) in [7, 11) is 0.786. The summed E-state index contributed by atoms with van der Waals surface area (Å²) < 4.78 is 9.22. The molecule has 2 aliphatic carbocycles. The lowest BCUT2D eigenvalue weighted by Gasteiger charge is -2.27. The Balaban J connectivity index is 1.10. The number of aromatic nitrogens is 1. The second-order valence-electron chi connectivity index (χ2n) is 22.7. The van der Waals surface area contributed by atoms with Crippen LogP contribution < -0.4 is 16.2 Å². The first-order chi connectivity index (χ1) is 31.5. The van der Waals surface area contributed by atoms with Crippen molar-refractivity contribution in [1.82, 2.24) is 4.57 Å². The van der Waals surface area contributed by atoms with Gasteiger partial charge in [0.2, 0.25) is 0 Å². The highest BCUT2D eigenvalue weighted by Gasteiger charge is 2.40. The monoisotopic (exact) mass is 854 g/mol. The summed E-state index contributed by atoms with van der Waals surface area (Å²) in [6, 6.07) is 53.4. The molecular formula is C62H55BN2O. The number of para-hydroxylation sites is 1. The number of benzene rings is 8. The maximum Gasteiger partial charge on any atom is 0.198 e. The van der Waals surface area contributed by atoms with Gasteiger partial charge in [0.05, 0.1) is 5.52 Å². The fourth-order valence-corrected chi connectivity index (χ4v) is 12.2. The van der Waals surface area contributed by atoms with Crippen LogP contribution in [-0.4, -0.2) is 11.8 Å². The van der Waals surface area contributed by atoms with Crippen molar-refractivity contribution in [2.45, 2.75) is 90.9 Å². The molecule has 0 saturated carbocycles. The van der Waals surface area contributed by atoms with E-state index < -0.39 is 0 Å². The molecule has 13 rings (SSSR count). The van der Waals surface area contributed by atoms with Gasteiger partial charge >= 0.3 is 0 Å². The summed E-state index contributed by atoms with van der Waals surface area (Å²) in [5, 5.41) is 8.94. The van der Waals surface area contributed by atoms with Gasteiger partial charge in [0, 0.05) is 60.5 Å². The highest BCUT2D eigenvalue weighted by molar-refractivity contribution is 6.73. The van der Waals surface area contributed by atoms with E-state index in [1.807, 2.05) is 0 Å². The van der Waals surface area contributed by atoms with E-state index in [1.165, 1.54) is 105 Å². The number of fused-ring (bicyclic) bond motifs is 14. The summed E-state index contributed by atoms with van der Waals surface area (Å²) in [6.07, 6.45) is 0. The minimum atomic E-state index is -0.188. The molecule has 0 radical (unpaired) electrons. The molecule has 8 aromatic carbocycles. The quantitative estimate of drug-likeness (QED) is 0.179. The van der Waals surface area contributed by atoms with Gasteiger partial charge in [-0.1, -0.05) is 160 Å². The average molecular weight is 855 g/mol. The molecule has 3 heterocycles. The van der Waals surface area contributed by atoms with Crippen molar-refractivity contribution in [2.24, 2.45) is 0 Å². The number of hydrogen-bond donors (Lipinski definition) is 1. The maximum absolute atomic E-state index is 6.61. The van der Waals surface area contributed by atoms with E-state index in [1.54, 1.807) is 0 Å². The van der Waals surface area contributed by atoms with Gasteiger partial charge < -0.3 is 14.3 Å². The molecule has 3 nitrogen and oxygen atoms in total. The first kappa shape index (κ1) is 39.6. The Morgan fingerprint density at radius 2 is 1.14 bits per heavy atom. The summed E-state index contributed by atoms with van der Waals surface area (Å²) >= 11 is 0. The van der Waals surface area contributed by atoms with Crippen molar-refractivity contribution in [1.29, 1.82) is 0 Å². The smallest absolute Gasteiger partial charge is 0.198 e. The van der Waals surface area contributed by atoms with Crippen LogP contribution in [-0.2, 0) is 21.7 Å². The fraction of sp³-hybridized carbons (Fsp3) is 0.226. The minimum Gasteiger partial charge on any atom is -0.456 e. The summed E-state index contributed by atoms with van der Waals surface area (Å²) in [6.45, 7) is 23.4. The molecule has 4 heteroatoms. The fourth-order valence-electron chi connectivity index (χ4n) is 12.2. The van der Waals surface area contributed by atoms with Crippen LogP contribution in [0.15, 0.2) is 144 Å². The van der Waals surface area contributed by atoms with Crippen LogP contribution in [0.4, 0.5) is 11.4 Å². The van der Waals surface area contributed by atoms with Crippen LogP contribution in [0.2, 0.25) is 0 Å². The van der Waals surface area contributed by atoms with Crippen LogP contribution in [0.1, 0.15) is 103 Å². The lowest BCUT2D eigenvalue weighted by atomic mass is 9.59. The van der Waals surface area contributed by atoms with Gasteiger partial charge in [0.25, 0.3) is 0 Å². The molecule has 0 amide bonds.